The van der Waals surface area contributed by atoms with Crippen molar-refractivity contribution in [3.05, 3.63) is 65.7 Å². The predicted molar refractivity (Wildman–Crippen MR) is 115 cm³/mol. The van der Waals surface area contributed by atoms with E-state index in [0.29, 0.717) is 6.54 Å². The minimum Gasteiger partial charge on any atom is -0.369 e. The molecule has 1 amide bonds. The van der Waals surface area contributed by atoms with Crippen LogP contribution in [0.1, 0.15) is 18.1 Å². The van der Waals surface area contributed by atoms with Crippen LogP contribution in [0.4, 0.5) is 5.69 Å². The molecule has 5 heteroatoms. The van der Waals surface area contributed by atoms with Gasteiger partial charge in [-0.2, -0.15) is 11.8 Å². The van der Waals surface area contributed by atoms with E-state index in [-0.39, 0.29) is 11.2 Å². The normalized spacial score (nSPS) is 16.1. The van der Waals surface area contributed by atoms with Crippen LogP contribution in [0.15, 0.2) is 54.6 Å². The van der Waals surface area contributed by atoms with Crippen LogP contribution < -0.4 is 10.2 Å². The van der Waals surface area contributed by atoms with E-state index in [0.717, 1.165) is 32.7 Å². The molecule has 27 heavy (non-hydrogen) atoms. The molecule has 0 radical (unpaired) electrons. The van der Waals surface area contributed by atoms with Crippen molar-refractivity contribution in [2.45, 2.75) is 25.3 Å². The topological polar surface area (TPSA) is 35.6 Å². The third-order valence-corrected chi connectivity index (χ3v) is 6.10. The van der Waals surface area contributed by atoms with Crippen molar-refractivity contribution in [2.75, 3.05) is 37.3 Å². The van der Waals surface area contributed by atoms with Gasteiger partial charge in [0.15, 0.2) is 0 Å². The number of amides is 1. The minimum absolute atomic E-state index is 0.0109. The summed E-state index contributed by atoms with van der Waals surface area (Å²) in [5.41, 5.74) is 3.83. The zero-order valence-electron chi connectivity index (χ0n) is 16.2. The van der Waals surface area contributed by atoms with Crippen LogP contribution in [-0.2, 0) is 17.9 Å². The molecule has 0 spiro atoms. The molecule has 144 valence electrons. The average Bonchev–Trinajstić information content (AvgIpc) is 2.73. The Morgan fingerprint density at radius 3 is 2.30 bits per heavy atom. The number of carbonyl (C=O) groups excluding carboxylic acids is 1. The first-order chi connectivity index (χ1) is 13.2. The van der Waals surface area contributed by atoms with Crippen LogP contribution in [0.3, 0.4) is 0 Å². The van der Waals surface area contributed by atoms with Crippen molar-refractivity contribution in [1.82, 2.24) is 10.2 Å². The van der Waals surface area contributed by atoms with Gasteiger partial charge >= 0.3 is 0 Å². The fourth-order valence-corrected chi connectivity index (χ4v) is 3.66. The highest BCUT2D eigenvalue weighted by Gasteiger charge is 2.18. The fraction of sp³-hybridized carbons (Fsp3) is 0.409. The fourth-order valence-electron chi connectivity index (χ4n) is 3.36. The molecule has 3 rings (SSSR count). The summed E-state index contributed by atoms with van der Waals surface area (Å²) in [7, 11) is 0. The number of benzene rings is 2. The Bertz CT molecular complexity index is 729. The molecule has 0 saturated carbocycles. The van der Waals surface area contributed by atoms with Gasteiger partial charge in [-0.05, 0) is 36.4 Å². The summed E-state index contributed by atoms with van der Waals surface area (Å²) in [5, 5.41) is 3.06. The second-order valence-electron chi connectivity index (χ2n) is 6.96. The Balaban J connectivity index is 1.55. The molecule has 1 aliphatic rings. The number of piperazine rings is 1. The van der Waals surface area contributed by atoms with E-state index in [9.17, 15) is 4.79 Å². The van der Waals surface area contributed by atoms with E-state index < -0.39 is 0 Å². The zero-order chi connectivity index (χ0) is 19.1. The SMILES string of the molecule is CSC(C)C(=O)NCc1ccccc1CN1CCN(c2ccccc2)CC1. The zero-order valence-corrected chi connectivity index (χ0v) is 17.0. The van der Waals surface area contributed by atoms with Gasteiger partial charge in [-0.1, -0.05) is 42.5 Å². The predicted octanol–water partition coefficient (Wildman–Crippen LogP) is 3.38. The molecular weight excluding hydrogens is 354 g/mol. The van der Waals surface area contributed by atoms with E-state index in [2.05, 4.69) is 69.7 Å². The minimum atomic E-state index is -0.0109. The van der Waals surface area contributed by atoms with E-state index in [1.807, 2.05) is 13.2 Å². The third-order valence-electron chi connectivity index (χ3n) is 5.18. The highest BCUT2D eigenvalue weighted by atomic mass is 32.2. The first kappa shape index (κ1) is 19.8. The lowest BCUT2D eigenvalue weighted by atomic mass is 10.1. The molecule has 4 nitrogen and oxygen atoms in total. The summed E-state index contributed by atoms with van der Waals surface area (Å²) in [6.45, 7) is 7.69. The van der Waals surface area contributed by atoms with Gasteiger partial charge in [0.05, 0.1) is 5.25 Å². The van der Waals surface area contributed by atoms with Crippen LogP contribution in [-0.4, -0.2) is 48.5 Å². The van der Waals surface area contributed by atoms with E-state index in [1.165, 1.54) is 16.8 Å². The van der Waals surface area contributed by atoms with Gasteiger partial charge in [0.2, 0.25) is 5.91 Å². The number of nitrogens with one attached hydrogen (secondary N) is 1. The van der Waals surface area contributed by atoms with Gasteiger partial charge in [-0.15, -0.1) is 0 Å². The Kier molecular flexibility index (Phi) is 7.18. The van der Waals surface area contributed by atoms with Gasteiger partial charge in [-0.25, -0.2) is 0 Å². The first-order valence-electron chi connectivity index (χ1n) is 9.57. The molecule has 1 unspecified atom stereocenters. The monoisotopic (exact) mass is 383 g/mol. The van der Waals surface area contributed by atoms with Crippen LogP contribution in [0.2, 0.25) is 0 Å². The van der Waals surface area contributed by atoms with Crippen LogP contribution in [0.5, 0.6) is 0 Å². The quantitative estimate of drug-likeness (QED) is 0.795. The van der Waals surface area contributed by atoms with Crippen LogP contribution >= 0.6 is 11.8 Å². The standard InChI is InChI=1S/C22H29N3OS/c1-18(27-2)22(26)23-16-19-8-6-7-9-20(19)17-24-12-14-25(15-13-24)21-10-4-3-5-11-21/h3-11,18H,12-17H2,1-2H3,(H,23,26). The van der Waals surface area contributed by atoms with Crippen LogP contribution in [0, 0.1) is 0 Å². The van der Waals surface area contributed by atoms with E-state index in [1.54, 1.807) is 11.8 Å². The molecule has 0 aromatic heterocycles. The maximum Gasteiger partial charge on any atom is 0.233 e. The Morgan fingerprint density at radius 1 is 1.00 bits per heavy atom. The van der Waals surface area contributed by atoms with Gasteiger partial charge in [0, 0.05) is 45.0 Å². The number of hydrogen-bond acceptors (Lipinski definition) is 4. The van der Waals surface area contributed by atoms with Crippen LogP contribution in [0.25, 0.3) is 0 Å². The lowest BCUT2D eigenvalue weighted by molar-refractivity contribution is -0.120. The summed E-state index contributed by atoms with van der Waals surface area (Å²) in [4.78, 5) is 17.0. The van der Waals surface area contributed by atoms with Gasteiger partial charge in [-0.3, -0.25) is 9.69 Å². The third kappa shape index (κ3) is 5.50. The Hall–Kier alpha value is -1.98. The summed E-state index contributed by atoms with van der Waals surface area (Å²) in [6, 6.07) is 19.1. The lowest BCUT2D eigenvalue weighted by Crippen LogP contribution is -2.46. The Morgan fingerprint density at radius 2 is 1.63 bits per heavy atom. The number of para-hydroxylation sites is 1. The molecule has 1 aliphatic heterocycles. The summed E-state index contributed by atoms with van der Waals surface area (Å²) >= 11 is 1.57. The molecule has 1 saturated heterocycles. The Labute approximate surface area is 166 Å². The van der Waals surface area contributed by atoms with E-state index in [4.69, 9.17) is 0 Å². The summed E-state index contributed by atoms with van der Waals surface area (Å²) in [5.74, 6) is 0.105. The lowest BCUT2D eigenvalue weighted by Gasteiger charge is -2.36. The van der Waals surface area contributed by atoms with Gasteiger partial charge in [0.1, 0.15) is 0 Å². The number of carbonyl (C=O) groups is 1. The van der Waals surface area contributed by atoms with Crippen molar-refractivity contribution >= 4 is 23.4 Å². The number of thioether (sulfide) groups is 1. The molecule has 1 N–H and O–H groups in total. The highest BCUT2D eigenvalue weighted by Crippen LogP contribution is 2.18. The number of hydrogen-bond donors (Lipinski definition) is 1. The largest absolute Gasteiger partial charge is 0.369 e. The molecule has 1 heterocycles. The van der Waals surface area contributed by atoms with Crippen molar-refractivity contribution < 1.29 is 4.79 Å². The summed E-state index contributed by atoms with van der Waals surface area (Å²) in [6.07, 6.45) is 1.97. The molecule has 0 aliphatic carbocycles. The maximum absolute atomic E-state index is 12.1. The van der Waals surface area contributed by atoms with Crippen molar-refractivity contribution in [3.8, 4) is 0 Å². The molecule has 2 aromatic carbocycles. The van der Waals surface area contributed by atoms with E-state index >= 15 is 0 Å². The molecule has 0 bridgehead atoms. The van der Waals surface area contributed by atoms with Crippen molar-refractivity contribution in [2.24, 2.45) is 0 Å². The average molecular weight is 384 g/mol. The molecule has 1 atom stereocenters. The molecule has 1 fully saturated rings. The van der Waals surface area contributed by atoms with Crippen molar-refractivity contribution in [3.63, 3.8) is 0 Å². The smallest absolute Gasteiger partial charge is 0.233 e. The highest BCUT2D eigenvalue weighted by molar-refractivity contribution is 7.99. The molecule has 2 aromatic rings. The second-order valence-corrected chi connectivity index (χ2v) is 8.14. The second kappa shape index (κ2) is 9.81. The van der Waals surface area contributed by atoms with Gasteiger partial charge in [0.25, 0.3) is 0 Å². The maximum atomic E-state index is 12.1. The summed E-state index contributed by atoms with van der Waals surface area (Å²) < 4.78 is 0. The number of rotatable bonds is 7. The number of nitrogens with zero attached hydrogens (tertiary/aromatic N) is 2. The van der Waals surface area contributed by atoms with Gasteiger partial charge < -0.3 is 10.2 Å². The number of anilines is 1. The van der Waals surface area contributed by atoms with Crippen molar-refractivity contribution in [1.29, 1.82) is 0 Å². The molecular formula is C22H29N3OS. The first-order valence-corrected chi connectivity index (χ1v) is 10.9.